The summed E-state index contributed by atoms with van der Waals surface area (Å²) >= 11 is 0. The quantitative estimate of drug-likeness (QED) is 0.454. The van der Waals surface area contributed by atoms with Crippen LogP contribution in [0, 0.1) is 5.92 Å². The molecule has 1 unspecified atom stereocenters. The minimum atomic E-state index is 0.0860. The molecule has 0 saturated carbocycles. The van der Waals surface area contributed by atoms with E-state index < -0.39 is 0 Å². The van der Waals surface area contributed by atoms with Crippen LogP contribution in [0.4, 0.5) is 0 Å². The fourth-order valence-corrected chi connectivity index (χ4v) is 4.77. The van der Waals surface area contributed by atoms with E-state index >= 15 is 0 Å². The van der Waals surface area contributed by atoms with Crippen molar-refractivity contribution in [3.05, 3.63) is 65.9 Å². The third-order valence-electron chi connectivity index (χ3n) is 6.47. The van der Waals surface area contributed by atoms with Crippen LogP contribution in [0.3, 0.4) is 0 Å². The normalized spacial score (nSPS) is 16.8. The maximum atomic E-state index is 13.2. The predicted molar refractivity (Wildman–Crippen MR) is 127 cm³/mol. The molecule has 1 aliphatic heterocycles. The number of aromatic amines is 2. The second kappa shape index (κ2) is 9.54. The molecule has 1 saturated heterocycles. The molecule has 8 nitrogen and oxygen atoms in total. The Bertz CT molecular complexity index is 1170. The summed E-state index contributed by atoms with van der Waals surface area (Å²) in [7, 11) is 0. The first-order valence-electron chi connectivity index (χ1n) is 11.6. The monoisotopic (exact) mass is 443 g/mol. The van der Waals surface area contributed by atoms with Crippen molar-refractivity contribution in [1.29, 1.82) is 0 Å². The third-order valence-corrected chi connectivity index (χ3v) is 6.47. The number of benzene rings is 2. The molecular weight excluding hydrogens is 414 g/mol. The zero-order chi connectivity index (χ0) is 22.6. The minimum Gasteiger partial charge on any atom is -0.351 e. The molecule has 1 aliphatic rings. The van der Waals surface area contributed by atoms with Crippen molar-refractivity contribution in [3.63, 3.8) is 0 Å². The van der Waals surface area contributed by atoms with E-state index in [0.29, 0.717) is 24.0 Å². The molecule has 0 spiro atoms. The summed E-state index contributed by atoms with van der Waals surface area (Å²) in [6.07, 6.45) is 2.31. The smallest absolute Gasteiger partial charge is 0.270 e. The summed E-state index contributed by atoms with van der Waals surface area (Å²) in [5, 5.41) is 15.3. The number of amides is 1. The summed E-state index contributed by atoms with van der Waals surface area (Å²) < 4.78 is 0. The van der Waals surface area contributed by atoms with E-state index in [4.69, 9.17) is 0 Å². The van der Waals surface area contributed by atoms with Crippen LogP contribution < -0.4 is 0 Å². The highest BCUT2D eigenvalue weighted by molar-refractivity contribution is 5.98. The Morgan fingerprint density at radius 1 is 1.18 bits per heavy atom. The first-order chi connectivity index (χ1) is 16.2. The van der Waals surface area contributed by atoms with Gasteiger partial charge in [-0.3, -0.25) is 9.69 Å². The Balaban J connectivity index is 1.20. The van der Waals surface area contributed by atoms with Gasteiger partial charge in [0.2, 0.25) is 5.82 Å². The summed E-state index contributed by atoms with van der Waals surface area (Å²) in [5.41, 5.74) is 3.90. The van der Waals surface area contributed by atoms with Crippen LogP contribution in [-0.4, -0.2) is 67.5 Å². The minimum absolute atomic E-state index is 0.0860. The van der Waals surface area contributed by atoms with E-state index in [0.717, 1.165) is 55.5 Å². The molecule has 2 aromatic heterocycles. The highest BCUT2D eigenvalue weighted by Gasteiger charge is 2.25. The average molecular weight is 444 g/mol. The Morgan fingerprint density at radius 3 is 2.79 bits per heavy atom. The number of H-pyrrole nitrogens is 2. The zero-order valence-electron chi connectivity index (χ0n) is 18.9. The fraction of sp³-hybridized carbons (Fsp3) is 0.360. The van der Waals surface area contributed by atoms with E-state index in [2.05, 4.69) is 49.6 Å². The SMILES string of the molecule is CCN(CC1CCCN(Cc2ccc(-c3nn[nH]n3)cc2)C1)C(=O)c1cc2ccccc2[nH]1. The standard InChI is InChI=1S/C25H29N7O/c1-2-32(25(33)23-14-21-7-3-4-8-22(21)26-23)17-19-6-5-13-31(16-19)15-18-9-11-20(12-10-18)24-27-29-30-28-24/h3-4,7-12,14,19,26H,2,5-6,13,15-17H2,1H3,(H,27,28,29,30). The van der Waals surface area contributed by atoms with E-state index in [1.807, 2.05) is 47.4 Å². The Morgan fingerprint density at radius 2 is 2.03 bits per heavy atom. The molecular formula is C25H29N7O. The van der Waals surface area contributed by atoms with Crippen molar-refractivity contribution in [2.45, 2.75) is 26.3 Å². The lowest BCUT2D eigenvalue weighted by Gasteiger charge is -2.35. The molecule has 2 N–H and O–H groups in total. The second-order valence-corrected chi connectivity index (χ2v) is 8.79. The number of tetrazole rings is 1. The van der Waals surface area contributed by atoms with Gasteiger partial charge in [-0.1, -0.05) is 42.5 Å². The second-order valence-electron chi connectivity index (χ2n) is 8.79. The maximum Gasteiger partial charge on any atom is 0.270 e. The molecule has 1 fully saturated rings. The van der Waals surface area contributed by atoms with Gasteiger partial charge in [0, 0.05) is 42.6 Å². The number of hydrogen-bond donors (Lipinski definition) is 2. The third kappa shape index (κ3) is 4.80. The van der Waals surface area contributed by atoms with Crippen LogP contribution in [0.1, 0.15) is 35.8 Å². The van der Waals surface area contributed by atoms with E-state index in [9.17, 15) is 4.79 Å². The van der Waals surface area contributed by atoms with Gasteiger partial charge in [-0.15, -0.1) is 10.2 Å². The maximum absolute atomic E-state index is 13.2. The Kier molecular flexibility index (Phi) is 6.17. The molecule has 1 amide bonds. The van der Waals surface area contributed by atoms with Crippen LogP contribution in [0.25, 0.3) is 22.3 Å². The van der Waals surface area contributed by atoms with Gasteiger partial charge in [-0.05, 0) is 55.1 Å². The first-order valence-corrected chi connectivity index (χ1v) is 11.6. The van der Waals surface area contributed by atoms with Gasteiger partial charge in [0.05, 0.1) is 0 Å². The Hall–Kier alpha value is -3.52. The first kappa shape index (κ1) is 21.3. The summed E-state index contributed by atoms with van der Waals surface area (Å²) in [6, 6.07) is 18.3. The lowest BCUT2D eigenvalue weighted by Crippen LogP contribution is -2.42. The highest BCUT2D eigenvalue weighted by Crippen LogP contribution is 2.22. The molecule has 1 atom stereocenters. The number of hydrogen-bond acceptors (Lipinski definition) is 5. The van der Waals surface area contributed by atoms with Gasteiger partial charge in [-0.25, -0.2) is 0 Å². The number of likely N-dealkylation sites (tertiary alicyclic amines) is 1. The molecule has 33 heavy (non-hydrogen) atoms. The fourth-order valence-electron chi connectivity index (χ4n) is 4.77. The lowest BCUT2D eigenvalue weighted by atomic mass is 9.96. The highest BCUT2D eigenvalue weighted by atomic mass is 16.2. The number of fused-ring (bicyclic) bond motifs is 1. The van der Waals surface area contributed by atoms with Crippen molar-refractivity contribution < 1.29 is 4.79 Å². The summed E-state index contributed by atoms with van der Waals surface area (Å²) in [5.74, 6) is 1.17. The van der Waals surface area contributed by atoms with Gasteiger partial charge >= 0.3 is 0 Å². The van der Waals surface area contributed by atoms with Gasteiger partial charge < -0.3 is 9.88 Å². The molecule has 0 aliphatic carbocycles. The number of aromatic nitrogens is 5. The molecule has 4 aromatic rings. The predicted octanol–water partition coefficient (Wildman–Crippen LogP) is 3.72. The van der Waals surface area contributed by atoms with Gasteiger partial charge in [0.1, 0.15) is 5.69 Å². The van der Waals surface area contributed by atoms with Crippen LogP contribution >= 0.6 is 0 Å². The van der Waals surface area contributed by atoms with Crippen LogP contribution in [0.15, 0.2) is 54.6 Å². The molecule has 2 aromatic carbocycles. The number of para-hydroxylation sites is 1. The lowest BCUT2D eigenvalue weighted by molar-refractivity contribution is 0.0680. The summed E-state index contributed by atoms with van der Waals surface area (Å²) in [4.78, 5) is 21.0. The van der Waals surface area contributed by atoms with Crippen molar-refractivity contribution >= 4 is 16.8 Å². The van der Waals surface area contributed by atoms with Crippen LogP contribution in [0.5, 0.6) is 0 Å². The van der Waals surface area contributed by atoms with Gasteiger partial charge in [0.15, 0.2) is 0 Å². The number of nitrogens with one attached hydrogen (secondary N) is 2. The van der Waals surface area contributed by atoms with Crippen molar-refractivity contribution in [2.24, 2.45) is 5.92 Å². The number of piperidine rings is 1. The number of rotatable bonds is 7. The molecule has 8 heteroatoms. The van der Waals surface area contributed by atoms with E-state index in [1.165, 1.54) is 5.56 Å². The topological polar surface area (TPSA) is 93.8 Å². The molecule has 5 rings (SSSR count). The van der Waals surface area contributed by atoms with Gasteiger partial charge in [0.25, 0.3) is 5.91 Å². The van der Waals surface area contributed by atoms with Crippen LogP contribution in [-0.2, 0) is 6.54 Å². The molecule has 3 heterocycles. The largest absolute Gasteiger partial charge is 0.351 e. The van der Waals surface area contributed by atoms with E-state index in [-0.39, 0.29) is 5.91 Å². The van der Waals surface area contributed by atoms with Crippen LogP contribution in [0.2, 0.25) is 0 Å². The van der Waals surface area contributed by atoms with Crippen molar-refractivity contribution in [2.75, 3.05) is 26.2 Å². The average Bonchev–Trinajstić information content (AvgIpc) is 3.53. The molecule has 0 radical (unpaired) electrons. The number of carbonyl (C=O) groups is 1. The number of nitrogens with zero attached hydrogens (tertiary/aromatic N) is 5. The molecule has 0 bridgehead atoms. The van der Waals surface area contributed by atoms with Gasteiger partial charge in [-0.2, -0.15) is 5.21 Å². The van der Waals surface area contributed by atoms with Crippen molar-refractivity contribution in [3.8, 4) is 11.4 Å². The van der Waals surface area contributed by atoms with Crippen molar-refractivity contribution in [1.82, 2.24) is 35.4 Å². The summed E-state index contributed by atoms with van der Waals surface area (Å²) in [6.45, 7) is 6.56. The molecule has 170 valence electrons. The zero-order valence-corrected chi connectivity index (χ0v) is 18.9. The Labute approximate surface area is 193 Å². The van der Waals surface area contributed by atoms with E-state index in [1.54, 1.807) is 0 Å². The number of carbonyl (C=O) groups excluding carboxylic acids is 1.